The van der Waals surface area contributed by atoms with Crippen LogP contribution in [0.4, 0.5) is 0 Å². The topological polar surface area (TPSA) is 32.5 Å². The van der Waals surface area contributed by atoms with Gasteiger partial charge < -0.3 is 10.6 Å². The summed E-state index contributed by atoms with van der Waals surface area (Å²) in [5, 5.41) is 0. The number of rotatable bonds is 5. The van der Waals surface area contributed by atoms with Gasteiger partial charge in [-0.1, -0.05) is 6.42 Å². The zero-order chi connectivity index (χ0) is 11.3. The Morgan fingerprint density at radius 3 is 2.73 bits per heavy atom. The summed E-state index contributed by atoms with van der Waals surface area (Å²) in [5.74, 6) is 0. The van der Waals surface area contributed by atoms with E-state index in [0.29, 0.717) is 6.04 Å². The molecule has 3 heteroatoms. The molecule has 1 saturated heterocycles. The molecular formula is C12H27N3. The van der Waals surface area contributed by atoms with E-state index in [-0.39, 0.29) is 0 Å². The molecule has 0 aromatic heterocycles. The summed E-state index contributed by atoms with van der Waals surface area (Å²) in [5.41, 5.74) is 5.66. The maximum Gasteiger partial charge on any atom is 0.0223 e. The molecule has 2 N–H and O–H groups in total. The number of nitrogens with two attached hydrogens (primary N) is 1. The summed E-state index contributed by atoms with van der Waals surface area (Å²) in [6.45, 7) is 8.82. The summed E-state index contributed by atoms with van der Waals surface area (Å²) in [7, 11) is 2.22. The Kier molecular flexibility index (Phi) is 5.58. The fraction of sp³-hybridized carbons (Fsp3) is 1.00. The zero-order valence-electron chi connectivity index (χ0n) is 10.6. The molecule has 1 atom stereocenters. The summed E-state index contributed by atoms with van der Waals surface area (Å²) in [4.78, 5) is 5.02. The first-order chi connectivity index (χ1) is 7.15. The molecule has 3 nitrogen and oxygen atoms in total. The van der Waals surface area contributed by atoms with E-state index < -0.39 is 0 Å². The fourth-order valence-electron chi connectivity index (χ4n) is 2.27. The van der Waals surface area contributed by atoms with Crippen molar-refractivity contribution >= 4 is 0 Å². The number of hydrogen-bond donors (Lipinski definition) is 1. The van der Waals surface area contributed by atoms with Gasteiger partial charge in [0.05, 0.1) is 0 Å². The van der Waals surface area contributed by atoms with Gasteiger partial charge in [0.15, 0.2) is 0 Å². The Bertz CT molecular complexity index is 168. The number of nitrogens with zero attached hydrogens (tertiary/aromatic N) is 2. The highest BCUT2D eigenvalue weighted by Gasteiger charge is 2.23. The SMILES string of the molecule is CC(C)N(C)C[C@H]1CCCCN1CCN. The first-order valence-electron chi connectivity index (χ1n) is 6.29. The maximum absolute atomic E-state index is 5.66. The van der Waals surface area contributed by atoms with Crippen molar-refractivity contribution in [2.75, 3.05) is 33.2 Å². The third-order valence-electron chi connectivity index (χ3n) is 3.55. The summed E-state index contributed by atoms with van der Waals surface area (Å²) < 4.78 is 0. The monoisotopic (exact) mass is 213 g/mol. The Morgan fingerprint density at radius 2 is 2.13 bits per heavy atom. The van der Waals surface area contributed by atoms with Crippen LogP contribution in [0.5, 0.6) is 0 Å². The van der Waals surface area contributed by atoms with E-state index in [0.717, 1.165) is 19.1 Å². The summed E-state index contributed by atoms with van der Waals surface area (Å²) in [6, 6.07) is 1.38. The molecule has 1 aliphatic rings. The molecule has 1 fully saturated rings. The van der Waals surface area contributed by atoms with Gasteiger partial charge in [-0.3, -0.25) is 4.90 Å². The first kappa shape index (κ1) is 12.9. The van der Waals surface area contributed by atoms with Gasteiger partial charge in [-0.2, -0.15) is 0 Å². The molecule has 15 heavy (non-hydrogen) atoms. The number of likely N-dealkylation sites (tertiary alicyclic amines) is 1. The van der Waals surface area contributed by atoms with Gasteiger partial charge in [-0.15, -0.1) is 0 Å². The van der Waals surface area contributed by atoms with Crippen LogP contribution in [-0.2, 0) is 0 Å². The van der Waals surface area contributed by atoms with Gasteiger partial charge >= 0.3 is 0 Å². The second-order valence-electron chi connectivity index (χ2n) is 5.01. The van der Waals surface area contributed by atoms with E-state index in [1.807, 2.05) is 0 Å². The van der Waals surface area contributed by atoms with Crippen LogP contribution in [0, 0.1) is 0 Å². The Balaban J connectivity index is 2.41. The normalized spacial score (nSPS) is 24.0. The van der Waals surface area contributed by atoms with E-state index in [2.05, 4.69) is 30.7 Å². The van der Waals surface area contributed by atoms with Gasteiger partial charge in [0.1, 0.15) is 0 Å². The second-order valence-corrected chi connectivity index (χ2v) is 5.01. The van der Waals surface area contributed by atoms with Gasteiger partial charge in [0.25, 0.3) is 0 Å². The molecule has 90 valence electrons. The number of piperidine rings is 1. The molecule has 0 bridgehead atoms. The van der Waals surface area contributed by atoms with Crippen molar-refractivity contribution in [2.24, 2.45) is 5.73 Å². The molecule has 0 spiro atoms. The largest absolute Gasteiger partial charge is 0.329 e. The molecule has 0 amide bonds. The van der Waals surface area contributed by atoms with E-state index >= 15 is 0 Å². The van der Waals surface area contributed by atoms with Crippen LogP contribution in [0.1, 0.15) is 33.1 Å². The Labute approximate surface area is 94.6 Å². The van der Waals surface area contributed by atoms with E-state index in [1.54, 1.807) is 0 Å². The van der Waals surface area contributed by atoms with Crippen LogP contribution in [0.25, 0.3) is 0 Å². The summed E-state index contributed by atoms with van der Waals surface area (Å²) in [6.07, 6.45) is 4.08. The molecule has 0 aliphatic carbocycles. The van der Waals surface area contributed by atoms with Gasteiger partial charge in [-0.25, -0.2) is 0 Å². The van der Waals surface area contributed by atoms with Crippen molar-refractivity contribution in [3.8, 4) is 0 Å². The van der Waals surface area contributed by atoms with Crippen molar-refractivity contribution in [3.63, 3.8) is 0 Å². The van der Waals surface area contributed by atoms with Crippen LogP contribution in [0.2, 0.25) is 0 Å². The molecule has 1 aliphatic heterocycles. The van der Waals surface area contributed by atoms with Gasteiger partial charge in [-0.05, 0) is 40.3 Å². The van der Waals surface area contributed by atoms with E-state index in [1.165, 1.54) is 32.4 Å². The highest BCUT2D eigenvalue weighted by atomic mass is 15.2. The average molecular weight is 213 g/mol. The third-order valence-corrected chi connectivity index (χ3v) is 3.55. The van der Waals surface area contributed by atoms with Crippen LogP contribution in [0.15, 0.2) is 0 Å². The lowest BCUT2D eigenvalue weighted by molar-refractivity contribution is 0.106. The highest BCUT2D eigenvalue weighted by Crippen LogP contribution is 2.17. The molecule has 0 unspecified atom stereocenters. The minimum absolute atomic E-state index is 0.645. The molecule has 1 heterocycles. The van der Waals surface area contributed by atoms with Crippen molar-refractivity contribution in [1.82, 2.24) is 9.80 Å². The molecular weight excluding hydrogens is 186 g/mol. The Hall–Kier alpha value is -0.120. The van der Waals surface area contributed by atoms with E-state index in [4.69, 9.17) is 5.73 Å². The second kappa shape index (κ2) is 6.46. The lowest BCUT2D eigenvalue weighted by Crippen LogP contribution is -2.48. The highest BCUT2D eigenvalue weighted by molar-refractivity contribution is 4.80. The quantitative estimate of drug-likeness (QED) is 0.743. The van der Waals surface area contributed by atoms with Crippen molar-refractivity contribution in [3.05, 3.63) is 0 Å². The third kappa shape index (κ3) is 4.09. The molecule has 0 aromatic carbocycles. The van der Waals surface area contributed by atoms with Gasteiger partial charge in [0, 0.05) is 31.7 Å². The standard InChI is InChI=1S/C12H27N3/c1-11(2)14(3)10-12-6-4-5-8-15(12)9-7-13/h11-12H,4-10,13H2,1-3H3/t12-/m1/s1. The Morgan fingerprint density at radius 1 is 1.40 bits per heavy atom. The fourth-order valence-corrected chi connectivity index (χ4v) is 2.27. The minimum atomic E-state index is 0.645. The predicted octanol–water partition coefficient (Wildman–Crippen LogP) is 1.14. The van der Waals surface area contributed by atoms with E-state index in [9.17, 15) is 0 Å². The maximum atomic E-state index is 5.66. The lowest BCUT2D eigenvalue weighted by atomic mass is 10.0. The number of likely N-dealkylation sites (N-methyl/N-ethyl adjacent to an activating group) is 1. The van der Waals surface area contributed by atoms with Crippen molar-refractivity contribution in [2.45, 2.75) is 45.2 Å². The molecule has 0 radical (unpaired) electrons. The van der Waals surface area contributed by atoms with Crippen LogP contribution in [0.3, 0.4) is 0 Å². The lowest BCUT2D eigenvalue weighted by Gasteiger charge is -2.38. The summed E-state index contributed by atoms with van der Waals surface area (Å²) >= 11 is 0. The predicted molar refractivity (Wildman–Crippen MR) is 66.0 cm³/mol. The average Bonchev–Trinajstić information content (AvgIpc) is 2.21. The van der Waals surface area contributed by atoms with Gasteiger partial charge in [0.2, 0.25) is 0 Å². The smallest absolute Gasteiger partial charge is 0.0223 e. The van der Waals surface area contributed by atoms with Crippen molar-refractivity contribution < 1.29 is 0 Å². The van der Waals surface area contributed by atoms with Crippen LogP contribution >= 0.6 is 0 Å². The van der Waals surface area contributed by atoms with Crippen LogP contribution in [-0.4, -0.2) is 55.1 Å². The zero-order valence-corrected chi connectivity index (χ0v) is 10.6. The number of hydrogen-bond acceptors (Lipinski definition) is 3. The molecule has 0 saturated carbocycles. The van der Waals surface area contributed by atoms with Crippen molar-refractivity contribution in [1.29, 1.82) is 0 Å². The minimum Gasteiger partial charge on any atom is -0.329 e. The molecule has 1 rings (SSSR count). The first-order valence-corrected chi connectivity index (χ1v) is 6.29. The molecule has 0 aromatic rings. The van der Waals surface area contributed by atoms with Crippen LogP contribution < -0.4 is 5.73 Å².